The summed E-state index contributed by atoms with van der Waals surface area (Å²) in [5.74, 6) is 2.24. The van der Waals surface area contributed by atoms with Crippen molar-refractivity contribution in [1.82, 2.24) is 10.6 Å². The number of unbranched alkanes of at least 4 members (excludes halogenated alkanes) is 1. The summed E-state index contributed by atoms with van der Waals surface area (Å²) in [6.07, 6.45) is 5.01. The number of methoxy groups -OCH3 is 1. The van der Waals surface area contributed by atoms with Crippen LogP contribution in [0.4, 0.5) is 8.78 Å². The maximum atomic E-state index is 12.5. The first-order chi connectivity index (χ1) is 12.1. The van der Waals surface area contributed by atoms with Gasteiger partial charge in [-0.3, -0.25) is 4.99 Å². The summed E-state index contributed by atoms with van der Waals surface area (Å²) in [4.78, 5) is 4.17. The molecule has 0 bridgehead atoms. The number of benzene rings is 1. The molecule has 0 aromatic heterocycles. The minimum atomic E-state index is -2.88. The molecule has 0 spiro atoms. The summed E-state index contributed by atoms with van der Waals surface area (Å²) < 4.78 is 34.4. The second kappa shape index (κ2) is 12.6. The van der Waals surface area contributed by atoms with Crippen LogP contribution in [0.15, 0.2) is 23.2 Å². The molecule has 1 aromatic carbocycles. The normalized spacial score (nSPS) is 11.5. The number of hydrogen-bond acceptors (Lipinski definition) is 4. The number of nitrogens with one attached hydrogen (secondary N) is 2. The summed E-state index contributed by atoms with van der Waals surface area (Å²) in [6, 6.07) is 5.04. The zero-order valence-corrected chi connectivity index (χ0v) is 15.8. The topological polar surface area (TPSA) is 54.9 Å². The Morgan fingerprint density at radius 2 is 1.96 bits per heavy atom. The number of nitrogens with zero attached hydrogens (tertiary/aromatic N) is 1. The van der Waals surface area contributed by atoms with Crippen LogP contribution in [0, 0.1) is 0 Å². The third-order valence-electron chi connectivity index (χ3n) is 3.44. The highest BCUT2D eigenvalue weighted by Crippen LogP contribution is 2.29. The van der Waals surface area contributed by atoms with Gasteiger partial charge in [0.25, 0.3) is 0 Å². The average molecular weight is 375 g/mol. The van der Waals surface area contributed by atoms with Gasteiger partial charge in [-0.2, -0.15) is 20.5 Å². The lowest BCUT2D eigenvalue weighted by molar-refractivity contribution is -0.0512. The molecule has 0 saturated carbocycles. The molecule has 0 amide bonds. The number of halogens is 2. The van der Waals surface area contributed by atoms with Crippen LogP contribution in [0.25, 0.3) is 0 Å². The van der Waals surface area contributed by atoms with Gasteiger partial charge in [0.15, 0.2) is 17.5 Å². The van der Waals surface area contributed by atoms with Crippen molar-refractivity contribution in [1.29, 1.82) is 0 Å². The molecule has 0 unspecified atom stereocenters. The number of guanidine groups is 1. The molecule has 0 saturated heterocycles. The predicted molar refractivity (Wildman–Crippen MR) is 100 cm³/mol. The largest absolute Gasteiger partial charge is 0.493 e. The van der Waals surface area contributed by atoms with Gasteiger partial charge in [-0.25, -0.2) is 0 Å². The van der Waals surface area contributed by atoms with Crippen molar-refractivity contribution in [3.8, 4) is 11.5 Å². The van der Waals surface area contributed by atoms with Gasteiger partial charge in [-0.05, 0) is 49.0 Å². The van der Waals surface area contributed by atoms with E-state index in [2.05, 4.69) is 26.6 Å². The predicted octanol–water partition coefficient (Wildman–Crippen LogP) is 3.15. The average Bonchev–Trinajstić information content (AvgIpc) is 2.59. The van der Waals surface area contributed by atoms with Crippen LogP contribution in [0.1, 0.15) is 18.4 Å². The number of rotatable bonds is 11. The summed E-state index contributed by atoms with van der Waals surface area (Å²) in [7, 11) is 3.14. The first-order valence-electron chi connectivity index (χ1n) is 8.16. The van der Waals surface area contributed by atoms with Crippen molar-refractivity contribution in [3.63, 3.8) is 0 Å². The molecule has 1 aromatic rings. The van der Waals surface area contributed by atoms with E-state index in [1.807, 2.05) is 17.8 Å². The van der Waals surface area contributed by atoms with Crippen LogP contribution in [-0.2, 0) is 6.42 Å². The molecule has 0 heterocycles. The number of alkyl halides is 2. The second-order valence-corrected chi connectivity index (χ2v) is 6.22. The van der Waals surface area contributed by atoms with E-state index in [1.165, 1.54) is 13.5 Å². The third kappa shape index (κ3) is 8.81. The van der Waals surface area contributed by atoms with Gasteiger partial charge in [0.1, 0.15) is 0 Å². The Morgan fingerprint density at radius 3 is 2.60 bits per heavy atom. The van der Waals surface area contributed by atoms with Crippen molar-refractivity contribution in [2.75, 3.05) is 39.3 Å². The lowest BCUT2D eigenvalue weighted by Crippen LogP contribution is -2.38. The molecule has 1 rings (SSSR count). The fraction of sp³-hybridized carbons (Fsp3) is 0.588. The molecule has 8 heteroatoms. The van der Waals surface area contributed by atoms with E-state index in [4.69, 9.17) is 4.74 Å². The highest BCUT2D eigenvalue weighted by molar-refractivity contribution is 7.98. The Morgan fingerprint density at radius 1 is 1.20 bits per heavy atom. The monoisotopic (exact) mass is 375 g/mol. The SMILES string of the molecule is CN=C(NCCCCSC)NCCc1ccc(OC)c(OC(F)F)c1. The first kappa shape index (κ1) is 21.3. The maximum absolute atomic E-state index is 12.5. The first-order valence-corrected chi connectivity index (χ1v) is 9.55. The number of ether oxygens (including phenoxy) is 2. The molecule has 0 radical (unpaired) electrons. The summed E-state index contributed by atoms with van der Waals surface area (Å²) >= 11 is 1.85. The Labute approximate surface area is 152 Å². The van der Waals surface area contributed by atoms with Gasteiger partial charge in [0.05, 0.1) is 7.11 Å². The van der Waals surface area contributed by atoms with Gasteiger partial charge in [-0.1, -0.05) is 6.07 Å². The van der Waals surface area contributed by atoms with Crippen LogP contribution in [0.5, 0.6) is 11.5 Å². The molecule has 0 aliphatic rings. The van der Waals surface area contributed by atoms with Crippen molar-refractivity contribution in [2.45, 2.75) is 25.9 Å². The number of thioether (sulfide) groups is 1. The molecule has 2 N–H and O–H groups in total. The smallest absolute Gasteiger partial charge is 0.387 e. The van der Waals surface area contributed by atoms with Crippen molar-refractivity contribution in [2.24, 2.45) is 4.99 Å². The van der Waals surface area contributed by atoms with Crippen molar-refractivity contribution >= 4 is 17.7 Å². The Kier molecular flexibility index (Phi) is 10.8. The third-order valence-corrected chi connectivity index (χ3v) is 4.14. The summed E-state index contributed by atoms with van der Waals surface area (Å²) in [6.45, 7) is -1.38. The van der Waals surface area contributed by atoms with E-state index in [-0.39, 0.29) is 5.75 Å². The maximum Gasteiger partial charge on any atom is 0.387 e. The van der Waals surface area contributed by atoms with E-state index < -0.39 is 6.61 Å². The molecule has 0 aliphatic heterocycles. The molecule has 5 nitrogen and oxygen atoms in total. The second-order valence-electron chi connectivity index (χ2n) is 5.24. The van der Waals surface area contributed by atoms with Gasteiger partial charge in [0.2, 0.25) is 0 Å². The fourth-order valence-electron chi connectivity index (χ4n) is 2.19. The van der Waals surface area contributed by atoms with E-state index in [9.17, 15) is 8.78 Å². The van der Waals surface area contributed by atoms with Gasteiger partial charge < -0.3 is 20.1 Å². The van der Waals surface area contributed by atoms with Crippen LogP contribution in [0.3, 0.4) is 0 Å². The Hall–Kier alpha value is -1.70. The van der Waals surface area contributed by atoms with Gasteiger partial charge >= 0.3 is 6.61 Å². The van der Waals surface area contributed by atoms with E-state index >= 15 is 0 Å². The summed E-state index contributed by atoms with van der Waals surface area (Å²) in [5, 5.41) is 6.47. The standard InChI is InChI=1S/C17H27F2N3O2S/c1-20-17(21-9-4-5-11-25-3)22-10-8-13-6-7-14(23-2)15(12-13)24-16(18)19/h6-7,12,16H,4-5,8-11H2,1-3H3,(H2,20,21,22). The molecule has 0 fully saturated rings. The van der Waals surface area contributed by atoms with Crippen LogP contribution >= 0.6 is 11.8 Å². The molecule has 0 atom stereocenters. The van der Waals surface area contributed by atoms with Crippen molar-refractivity contribution in [3.05, 3.63) is 23.8 Å². The van der Waals surface area contributed by atoms with Crippen LogP contribution in [-0.4, -0.2) is 51.8 Å². The zero-order valence-electron chi connectivity index (χ0n) is 15.0. The van der Waals surface area contributed by atoms with Crippen LogP contribution < -0.4 is 20.1 Å². The van der Waals surface area contributed by atoms with E-state index in [0.29, 0.717) is 18.7 Å². The lowest BCUT2D eigenvalue weighted by atomic mass is 10.1. The molecule has 25 heavy (non-hydrogen) atoms. The summed E-state index contributed by atoms with van der Waals surface area (Å²) in [5.41, 5.74) is 0.874. The minimum absolute atomic E-state index is 0.0475. The fourth-order valence-corrected chi connectivity index (χ4v) is 2.68. The molecule has 142 valence electrons. The highest BCUT2D eigenvalue weighted by Gasteiger charge is 2.11. The van der Waals surface area contributed by atoms with E-state index in [0.717, 1.165) is 30.2 Å². The Bertz CT molecular complexity index is 531. The minimum Gasteiger partial charge on any atom is -0.493 e. The highest BCUT2D eigenvalue weighted by atomic mass is 32.2. The quantitative estimate of drug-likeness (QED) is 0.354. The van der Waals surface area contributed by atoms with E-state index in [1.54, 1.807) is 19.2 Å². The lowest BCUT2D eigenvalue weighted by Gasteiger charge is -2.13. The number of hydrogen-bond donors (Lipinski definition) is 2. The molecular weight excluding hydrogens is 348 g/mol. The van der Waals surface area contributed by atoms with Gasteiger partial charge in [0, 0.05) is 20.1 Å². The number of aliphatic imine (C=N–C) groups is 1. The molecular formula is C17H27F2N3O2S. The Balaban J connectivity index is 2.43. The van der Waals surface area contributed by atoms with Gasteiger partial charge in [-0.15, -0.1) is 0 Å². The van der Waals surface area contributed by atoms with Crippen molar-refractivity contribution < 1.29 is 18.3 Å². The zero-order chi connectivity index (χ0) is 18.5. The molecule has 0 aliphatic carbocycles. The van der Waals surface area contributed by atoms with Crippen LogP contribution in [0.2, 0.25) is 0 Å².